The van der Waals surface area contributed by atoms with Crippen LogP contribution in [0.3, 0.4) is 0 Å². The Labute approximate surface area is 163 Å². The lowest BCUT2D eigenvalue weighted by Crippen LogP contribution is -2.03. The molecule has 9 heteroatoms. The third kappa shape index (κ3) is 3.36. The van der Waals surface area contributed by atoms with E-state index in [0.29, 0.717) is 22.6 Å². The summed E-state index contributed by atoms with van der Waals surface area (Å²) in [5.74, 6) is 0.182. The van der Waals surface area contributed by atoms with Gasteiger partial charge in [0.2, 0.25) is 0 Å². The SMILES string of the molecule is O=C1c2ccccc2COc2cc(Nc3ccc([N+](=O)[O-])cc3[N+](=O)[O-])ccc21. The maximum absolute atomic E-state index is 12.8. The van der Waals surface area contributed by atoms with Gasteiger partial charge >= 0.3 is 0 Å². The van der Waals surface area contributed by atoms with Gasteiger partial charge in [0.25, 0.3) is 11.4 Å². The molecule has 0 fully saturated rings. The molecule has 29 heavy (non-hydrogen) atoms. The first-order valence-electron chi connectivity index (χ1n) is 8.53. The molecule has 0 bridgehead atoms. The fraction of sp³-hybridized carbons (Fsp3) is 0.0500. The molecule has 144 valence electrons. The first-order valence-corrected chi connectivity index (χ1v) is 8.53. The molecule has 1 aliphatic rings. The molecule has 3 aromatic rings. The molecule has 3 aromatic carbocycles. The molecular formula is C20H13N3O6. The monoisotopic (exact) mass is 391 g/mol. The van der Waals surface area contributed by atoms with Crippen LogP contribution in [-0.2, 0) is 6.61 Å². The maximum Gasteiger partial charge on any atom is 0.299 e. The van der Waals surface area contributed by atoms with Gasteiger partial charge in [-0.15, -0.1) is 0 Å². The van der Waals surface area contributed by atoms with Crippen LogP contribution >= 0.6 is 0 Å². The van der Waals surface area contributed by atoms with E-state index in [4.69, 9.17) is 4.74 Å². The lowest BCUT2D eigenvalue weighted by atomic mass is 9.99. The summed E-state index contributed by atoms with van der Waals surface area (Å²) >= 11 is 0. The summed E-state index contributed by atoms with van der Waals surface area (Å²) in [7, 11) is 0. The summed E-state index contributed by atoms with van der Waals surface area (Å²) in [6.45, 7) is 0.218. The van der Waals surface area contributed by atoms with E-state index in [0.717, 1.165) is 11.6 Å². The fourth-order valence-electron chi connectivity index (χ4n) is 3.12. The predicted octanol–water partition coefficient (Wildman–Crippen LogP) is 4.37. The van der Waals surface area contributed by atoms with Crippen LogP contribution < -0.4 is 10.1 Å². The topological polar surface area (TPSA) is 125 Å². The van der Waals surface area contributed by atoms with Crippen molar-refractivity contribution in [3.8, 4) is 5.75 Å². The molecule has 1 N–H and O–H groups in total. The van der Waals surface area contributed by atoms with E-state index in [1.807, 2.05) is 12.1 Å². The molecule has 0 aliphatic carbocycles. The van der Waals surface area contributed by atoms with Crippen molar-refractivity contribution in [1.29, 1.82) is 0 Å². The highest BCUT2D eigenvalue weighted by Gasteiger charge is 2.23. The number of hydrogen-bond acceptors (Lipinski definition) is 7. The van der Waals surface area contributed by atoms with Gasteiger partial charge in [-0.3, -0.25) is 25.0 Å². The van der Waals surface area contributed by atoms with E-state index < -0.39 is 15.5 Å². The highest BCUT2D eigenvalue weighted by atomic mass is 16.6. The molecule has 0 unspecified atom stereocenters. The number of carbonyl (C=O) groups excluding carboxylic acids is 1. The van der Waals surface area contributed by atoms with E-state index in [1.165, 1.54) is 12.1 Å². The normalized spacial score (nSPS) is 12.2. The third-order valence-electron chi connectivity index (χ3n) is 4.54. The van der Waals surface area contributed by atoms with Gasteiger partial charge in [0.15, 0.2) is 5.78 Å². The van der Waals surface area contributed by atoms with Gasteiger partial charge in [-0.25, -0.2) is 0 Å². The van der Waals surface area contributed by atoms with Crippen molar-refractivity contribution in [3.05, 3.63) is 97.6 Å². The number of non-ortho nitro benzene ring substituents is 1. The van der Waals surface area contributed by atoms with E-state index >= 15 is 0 Å². The number of ether oxygens (including phenoxy) is 1. The summed E-state index contributed by atoms with van der Waals surface area (Å²) in [5, 5.41) is 25.1. The molecule has 0 amide bonds. The number of hydrogen-bond donors (Lipinski definition) is 1. The summed E-state index contributed by atoms with van der Waals surface area (Å²) in [5.41, 5.74) is 1.45. The number of nitro groups is 2. The number of nitrogens with zero attached hydrogens (tertiary/aromatic N) is 2. The zero-order chi connectivity index (χ0) is 20.5. The molecule has 0 spiro atoms. The van der Waals surface area contributed by atoms with Crippen molar-refractivity contribution in [2.24, 2.45) is 0 Å². The Morgan fingerprint density at radius 1 is 0.897 bits per heavy atom. The quantitative estimate of drug-likeness (QED) is 0.517. The number of ketones is 1. The summed E-state index contributed by atoms with van der Waals surface area (Å²) in [4.78, 5) is 33.6. The van der Waals surface area contributed by atoms with Crippen molar-refractivity contribution in [2.45, 2.75) is 6.61 Å². The largest absolute Gasteiger partial charge is 0.488 e. The number of benzene rings is 3. The van der Waals surface area contributed by atoms with Crippen LogP contribution in [0.15, 0.2) is 60.7 Å². The lowest BCUT2D eigenvalue weighted by Gasteiger charge is -2.11. The maximum atomic E-state index is 12.8. The molecule has 1 heterocycles. The molecule has 1 aliphatic heterocycles. The highest BCUT2D eigenvalue weighted by Crippen LogP contribution is 2.35. The average Bonchev–Trinajstić information content (AvgIpc) is 2.85. The van der Waals surface area contributed by atoms with Gasteiger partial charge in [-0.1, -0.05) is 24.3 Å². The summed E-state index contributed by atoms with van der Waals surface area (Å²) < 4.78 is 5.77. The predicted molar refractivity (Wildman–Crippen MR) is 104 cm³/mol. The zero-order valence-corrected chi connectivity index (χ0v) is 14.8. The number of anilines is 2. The van der Waals surface area contributed by atoms with Crippen LogP contribution in [0.5, 0.6) is 5.75 Å². The Kier molecular flexibility index (Phi) is 4.40. The number of nitro benzene ring substituents is 2. The second kappa shape index (κ2) is 7.04. The Morgan fingerprint density at radius 2 is 1.69 bits per heavy atom. The molecule has 9 nitrogen and oxygen atoms in total. The average molecular weight is 391 g/mol. The molecule has 0 atom stereocenters. The van der Waals surface area contributed by atoms with Gasteiger partial charge in [0, 0.05) is 28.9 Å². The van der Waals surface area contributed by atoms with Gasteiger partial charge < -0.3 is 10.1 Å². The minimum atomic E-state index is -0.699. The molecule has 0 aromatic heterocycles. The fourth-order valence-corrected chi connectivity index (χ4v) is 3.12. The lowest BCUT2D eigenvalue weighted by molar-refractivity contribution is -0.393. The van der Waals surface area contributed by atoms with Crippen molar-refractivity contribution >= 4 is 28.5 Å². The van der Waals surface area contributed by atoms with Gasteiger partial charge in [-0.05, 0) is 18.2 Å². The molecule has 4 rings (SSSR count). The zero-order valence-electron chi connectivity index (χ0n) is 14.8. The van der Waals surface area contributed by atoms with Crippen LogP contribution in [0.25, 0.3) is 0 Å². The standard InChI is InChI=1S/C20H13N3O6/c24-20-15-4-2-1-3-12(15)11-29-19-9-13(5-7-16(19)20)21-17-8-6-14(22(25)26)10-18(17)23(27)28/h1-10,21H,11H2. The van der Waals surface area contributed by atoms with Crippen molar-refractivity contribution in [3.63, 3.8) is 0 Å². The van der Waals surface area contributed by atoms with E-state index in [-0.39, 0.29) is 23.8 Å². The molecular weight excluding hydrogens is 378 g/mol. The van der Waals surface area contributed by atoms with Crippen molar-refractivity contribution < 1.29 is 19.4 Å². The van der Waals surface area contributed by atoms with Crippen LogP contribution in [0.1, 0.15) is 21.5 Å². The van der Waals surface area contributed by atoms with Gasteiger partial charge in [0.1, 0.15) is 18.0 Å². The van der Waals surface area contributed by atoms with E-state index in [9.17, 15) is 25.0 Å². The minimum absolute atomic E-state index is 0.0868. The number of fused-ring (bicyclic) bond motifs is 2. The van der Waals surface area contributed by atoms with E-state index in [1.54, 1.807) is 30.3 Å². The Balaban J connectivity index is 1.68. The first kappa shape index (κ1) is 18.1. The minimum Gasteiger partial charge on any atom is -0.488 e. The Hall–Kier alpha value is -4.27. The second-order valence-electron chi connectivity index (χ2n) is 6.33. The van der Waals surface area contributed by atoms with Gasteiger partial charge in [-0.2, -0.15) is 0 Å². The van der Waals surface area contributed by atoms with Gasteiger partial charge in [0.05, 0.1) is 21.5 Å². The second-order valence-corrected chi connectivity index (χ2v) is 6.33. The number of nitrogens with one attached hydrogen (secondary N) is 1. The molecule has 0 saturated heterocycles. The van der Waals surface area contributed by atoms with Crippen LogP contribution in [-0.4, -0.2) is 15.6 Å². The van der Waals surface area contributed by atoms with Crippen molar-refractivity contribution in [1.82, 2.24) is 0 Å². The molecule has 0 saturated carbocycles. The van der Waals surface area contributed by atoms with Crippen molar-refractivity contribution in [2.75, 3.05) is 5.32 Å². The number of rotatable bonds is 4. The molecule has 0 radical (unpaired) electrons. The van der Waals surface area contributed by atoms with E-state index in [2.05, 4.69) is 5.32 Å². The Bertz CT molecular complexity index is 1170. The van der Waals surface area contributed by atoms with Crippen LogP contribution in [0.2, 0.25) is 0 Å². The van der Waals surface area contributed by atoms with Crippen LogP contribution in [0.4, 0.5) is 22.7 Å². The van der Waals surface area contributed by atoms with Crippen LogP contribution in [0, 0.1) is 20.2 Å². The number of carbonyl (C=O) groups is 1. The summed E-state index contributed by atoms with van der Waals surface area (Å²) in [6, 6.07) is 15.3. The highest BCUT2D eigenvalue weighted by molar-refractivity contribution is 6.12. The first-order chi connectivity index (χ1) is 13.9. The Morgan fingerprint density at radius 3 is 2.45 bits per heavy atom. The third-order valence-corrected chi connectivity index (χ3v) is 4.54. The summed E-state index contributed by atoms with van der Waals surface area (Å²) in [6.07, 6.45) is 0. The smallest absolute Gasteiger partial charge is 0.299 e.